The molecule has 1 saturated heterocycles. The maximum atomic E-state index is 12.7. The Kier molecular flexibility index (Phi) is 6.49. The van der Waals surface area contributed by atoms with Crippen LogP contribution in [0.2, 0.25) is 0 Å². The van der Waals surface area contributed by atoms with Crippen LogP contribution in [0.1, 0.15) is 23.2 Å². The van der Waals surface area contributed by atoms with Gasteiger partial charge in [-0.2, -0.15) is 0 Å². The van der Waals surface area contributed by atoms with Crippen molar-refractivity contribution in [2.24, 2.45) is 5.92 Å². The summed E-state index contributed by atoms with van der Waals surface area (Å²) >= 11 is 0. The molecule has 0 bridgehead atoms. The highest BCUT2D eigenvalue weighted by Crippen LogP contribution is 2.21. The topological polar surface area (TPSA) is 81.8 Å². The first-order valence-corrected chi connectivity index (χ1v) is 9.67. The van der Waals surface area contributed by atoms with Gasteiger partial charge in [0.25, 0.3) is 5.91 Å². The van der Waals surface area contributed by atoms with E-state index in [2.05, 4.69) is 10.6 Å². The Morgan fingerprint density at radius 2 is 1.41 bits per heavy atom. The zero-order valence-electron chi connectivity index (χ0n) is 16.7. The fraction of sp³-hybridized carbons (Fsp3) is 0.318. The van der Waals surface area contributed by atoms with Gasteiger partial charge in [-0.3, -0.25) is 9.59 Å². The van der Waals surface area contributed by atoms with E-state index >= 15 is 0 Å². The van der Waals surface area contributed by atoms with Crippen LogP contribution < -0.4 is 10.6 Å². The SMILES string of the molecule is CN(C)C(=O)C1CCN(C(=O)c2ccc(NC(=O)Nc3ccccc3)cc2)CC1. The second kappa shape index (κ2) is 9.23. The highest BCUT2D eigenvalue weighted by atomic mass is 16.2. The van der Waals surface area contributed by atoms with Gasteiger partial charge in [-0.05, 0) is 49.2 Å². The zero-order chi connectivity index (χ0) is 20.8. The molecule has 152 valence electrons. The second-order valence-electron chi connectivity index (χ2n) is 7.32. The van der Waals surface area contributed by atoms with Gasteiger partial charge in [-0.1, -0.05) is 18.2 Å². The molecule has 2 N–H and O–H groups in total. The molecule has 1 aliphatic heterocycles. The summed E-state index contributed by atoms with van der Waals surface area (Å²) < 4.78 is 0. The third kappa shape index (κ3) is 5.34. The molecule has 0 aliphatic carbocycles. The Morgan fingerprint density at radius 1 is 0.862 bits per heavy atom. The predicted octanol–water partition coefficient (Wildman–Crippen LogP) is 3.27. The van der Waals surface area contributed by atoms with Crippen molar-refractivity contribution in [2.45, 2.75) is 12.8 Å². The van der Waals surface area contributed by atoms with Crippen molar-refractivity contribution in [1.29, 1.82) is 0 Å². The van der Waals surface area contributed by atoms with E-state index < -0.39 is 0 Å². The largest absolute Gasteiger partial charge is 0.349 e. The number of carbonyl (C=O) groups is 3. The lowest BCUT2D eigenvalue weighted by molar-refractivity contribution is -0.134. The fourth-order valence-electron chi connectivity index (χ4n) is 3.39. The van der Waals surface area contributed by atoms with Crippen molar-refractivity contribution in [3.8, 4) is 0 Å². The van der Waals surface area contributed by atoms with Crippen LogP contribution in [0.3, 0.4) is 0 Å². The number of nitrogens with one attached hydrogen (secondary N) is 2. The number of hydrogen-bond acceptors (Lipinski definition) is 3. The molecule has 7 heteroatoms. The normalized spacial score (nSPS) is 14.2. The number of benzene rings is 2. The van der Waals surface area contributed by atoms with Gasteiger partial charge in [0.15, 0.2) is 0 Å². The van der Waals surface area contributed by atoms with Crippen LogP contribution in [-0.4, -0.2) is 54.8 Å². The number of anilines is 2. The molecular formula is C22H26N4O3. The zero-order valence-corrected chi connectivity index (χ0v) is 16.7. The standard InChI is InChI=1S/C22H26N4O3/c1-25(2)20(27)17-12-14-26(15-13-17)21(28)16-8-10-19(11-9-16)24-22(29)23-18-6-4-3-5-7-18/h3-11,17H,12-15H2,1-2H3,(H2,23,24,29). The molecular weight excluding hydrogens is 368 g/mol. The van der Waals surface area contributed by atoms with Crippen LogP contribution in [-0.2, 0) is 4.79 Å². The second-order valence-corrected chi connectivity index (χ2v) is 7.32. The molecule has 2 aromatic carbocycles. The van der Waals surface area contributed by atoms with Gasteiger partial charge in [0.1, 0.15) is 0 Å². The molecule has 29 heavy (non-hydrogen) atoms. The van der Waals surface area contributed by atoms with Crippen molar-refractivity contribution >= 4 is 29.2 Å². The molecule has 0 radical (unpaired) electrons. The average molecular weight is 394 g/mol. The molecule has 3 rings (SSSR count). The molecule has 1 heterocycles. The minimum atomic E-state index is -0.345. The minimum absolute atomic E-state index is 0.0104. The number of rotatable bonds is 4. The summed E-state index contributed by atoms with van der Waals surface area (Å²) in [5.74, 6) is 0.0612. The van der Waals surface area contributed by atoms with Crippen LogP contribution in [0.4, 0.5) is 16.2 Å². The number of para-hydroxylation sites is 1. The van der Waals surface area contributed by atoms with E-state index in [0.717, 1.165) is 0 Å². The number of carbonyl (C=O) groups excluding carboxylic acids is 3. The maximum Gasteiger partial charge on any atom is 0.323 e. The molecule has 1 aliphatic rings. The monoisotopic (exact) mass is 394 g/mol. The Balaban J connectivity index is 1.53. The molecule has 2 aromatic rings. The third-order valence-corrected chi connectivity index (χ3v) is 4.99. The van der Waals surface area contributed by atoms with E-state index in [1.807, 2.05) is 18.2 Å². The van der Waals surface area contributed by atoms with E-state index in [0.29, 0.717) is 42.9 Å². The van der Waals surface area contributed by atoms with Gasteiger partial charge in [-0.15, -0.1) is 0 Å². The van der Waals surface area contributed by atoms with Gasteiger partial charge in [0.2, 0.25) is 5.91 Å². The Hall–Kier alpha value is -3.35. The highest BCUT2D eigenvalue weighted by Gasteiger charge is 2.28. The maximum absolute atomic E-state index is 12.7. The van der Waals surface area contributed by atoms with E-state index in [4.69, 9.17) is 0 Å². The van der Waals surface area contributed by atoms with E-state index in [1.54, 1.807) is 60.3 Å². The summed E-state index contributed by atoms with van der Waals surface area (Å²) in [6.07, 6.45) is 1.37. The molecule has 0 unspecified atom stereocenters. The lowest BCUT2D eigenvalue weighted by Crippen LogP contribution is -2.42. The Bertz CT molecular complexity index is 857. The number of piperidine rings is 1. The van der Waals surface area contributed by atoms with Gasteiger partial charge >= 0.3 is 6.03 Å². The molecule has 0 saturated carbocycles. The van der Waals surface area contributed by atoms with E-state index in [1.165, 1.54) is 0 Å². The van der Waals surface area contributed by atoms with E-state index in [-0.39, 0.29) is 23.8 Å². The van der Waals surface area contributed by atoms with Crippen LogP contribution in [0.15, 0.2) is 54.6 Å². The summed E-state index contributed by atoms with van der Waals surface area (Å²) in [5, 5.41) is 5.49. The van der Waals surface area contributed by atoms with Crippen molar-refractivity contribution < 1.29 is 14.4 Å². The Labute approximate surface area is 170 Å². The quantitative estimate of drug-likeness (QED) is 0.835. The molecule has 7 nitrogen and oxygen atoms in total. The number of amides is 4. The first-order chi connectivity index (χ1) is 13.9. The number of hydrogen-bond donors (Lipinski definition) is 2. The molecule has 1 fully saturated rings. The predicted molar refractivity (Wildman–Crippen MR) is 113 cm³/mol. The van der Waals surface area contributed by atoms with Crippen molar-refractivity contribution in [1.82, 2.24) is 9.80 Å². The number of nitrogens with zero attached hydrogens (tertiary/aromatic N) is 2. The summed E-state index contributed by atoms with van der Waals surface area (Å²) in [5.41, 5.74) is 1.87. The Morgan fingerprint density at radius 3 is 1.97 bits per heavy atom. The molecule has 0 spiro atoms. The summed E-state index contributed by atoms with van der Waals surface area (Å²) in [6.45, 7) is 1.14. The summed E-state index contributed by atoms with van der Waals surface area (Å²) in [6, 6.07) is 15.6. The number of urea groups is 1. The van der Waals surface area contributed by atoms with Crippen LogP contribution in [0.25, 0.3) is 0 Å². The first-order valence-electron chi connectivity index (χ1n) is 9.67. The lowest BCUT2D eigenvalue weighted by Gasteiger charge is -2.32. The fourth-order valence-corrected chi connectivity index (χ4v) is 3.39. The average Bonchev–Trinajstić information content (AvgIpc) is 2.74. The number of likely N-dealkylation sites (tertiary alicyclic amines) is 1. The summed E-state index contributed by atoms with van der Waals surface area (Å²) in [7, 11) is 3.52. The van der Waals surface area contributed by atoms with Crippen LogP contribution in [0.5, 0.6) is 0 Å². The molecule has 0 aromatic heterocycles. The smallest absolute Gasteiger partial charge is 0.323 e. The van der Waals surface area contributed by atoms with Gasteiger partial charge < -0.3 is 20.4 Å². The highest BCUT2D eigenvalue weighted by molar-refractivity contribution is 6.00. The lowest BCUT2D eigenvalue weighted by atomic mass is 9.95. The molecule has 4 amide bonds. The van der Waals surface area contributed by atoms with Crippen molar-refractivity contribution in [2.75, 3.05) is 37.8 Å². The van der Waals surface area contributed by atoms with Gasteiger partial charge in [0.05, 0.1) is 0 Å². The minimum Gasteiger partial charge on any atom is -0.349 e. The van der Waals surface area contributed by atoms with Crippen molar-refractivity contribution in [3.05, 3.63) is 60.2 Å². The summed E-state index contributed by atoms with van der Waals surface area (Å²) in [4.78, 5) is 40.2. The van der Waals surface area contributed by atoms with Crippen LogP contribution in [0, 0.1) is 5.92 Å². The van der Waals surface area contributed by atoms with E-state index in [9.17, 15) is 14.4 Å². The third-order valence-electron chi connectivity index (χ3n) is 4.99. The van der Waals surface area contributed by atoms with Gasteiger partial charge in [0, 0.05) is 50.0 Å². The van der Waals surface area contributed by atoms with Crippen molar-refractivity contribution in [3.63, 3.8) is 0 Å². The van der Waals surface area contributed by atoms with Gasteiger partial charge in [-0.25, -0.2) is 4.79 Å². The van der Waals surface area contributed by atoms with Crippen LogP contribution >= 0.6 is 0 Å². The molecule has 0 atom stereocenters. The first kappa shape index (κ1) is 20.4.